The number of hydrogen-bond donors (Lipinski definition) is 2. The Morgan fingerprint density at radius 2 is 2.19 bits per heavy atom. The minimum Gasteiger partial charge on any atom is -0.366 e. The average molecular weight is 399 g/mol. The predicted octanol–water partition coefficient (Wildman–Crippen LogP) is 4.75. The first-order valence-electron chi connectivity index (χ1n) is 8.50. The summed E-state index contributed by atoms with van der Waals surface area (Å²) in [7, 11) is 0. The van der Waals surface area contributed by atoms with Crippen LogP contribution in [0, 0.1) is 0 Å². The average Bonchev–Trinajstić information content (AvgIpc) is 3.11. The maximum Gasteiger partial charge on any atom is 0.198 e. The SMILES string of the molecule is O=C(c1ccc(NCC2=CCC(Cl)C=C2)nc1Cl)c1c[nH]c2ncccc12. The lowest BCUT2D eigenvalue weighted by atomic mass is 10.1. The van der Waals surface area contributed by atoms with Crippen molar-refractivity contribution in [3.8, 4) is 0 Å². The minimum absolute atomic E-state index is 0.0614. The van der Waals surface area contributed by atoms with Crippen LogP contribution in [0.2, 0.25) is 5.15 Å². The number of aromatic nitrogens is 3. The second-order valence-corrected chi connectivity index (χ2v) is 7.13. The molecule has 0 fully saturated rings. The summed E-state index contributed by atoms with van der Waals surface area (Å²) in [6.45, 7) is 0.616. The van der Waals surface area contributed by atoms with Crippen LogP contribution >= 0.6 is 23.2 Å². The summed E-state index contributed by atoms with van der Waals surface area (Å²) < 4.78 is 0. The molecule has 4 rings (SSSR count). The third kappa shape index (κ3) is 3.75. The largest absolute Gasteiger partial charge is 0.366 e. The number of H-pyrrole nitrogens is 1. The predicted molar refractivity (Wildman–Crippen MR) is 109 cm³/mol. The molecule has 1 aliphatic carbocycles. The molecule has 3 aromatic heterocycles. The number of carbonyl (C=O) groups excluding carboxylic acids is 1. The maximum atomic E-state index is 12.9. The summed E-state index contributed by atoms with van der Waals surface area (Å²) >= 11 is 12.3. The van der Waals surface area contributed by atoms with Crippen molar-refractivity contribution in [3.63, 3.8) is 0 Å². The molecule has 5 nitrogen and oxygen atoms in total. The number of carbonyl (C=O) groups is 1. The van der Waals surface area contributed by atoms with Crippen molar-refractivity contribution in [2.24, 2.45) is 0 Å². The molecule has 27 heavy (non-hydrogen) atoms. The highest BCUT2D eigenvalue weighted by Crippen LogP contribution is 2.24. The Balaban J connectivity index is 1.51. The zero-order chi connectivity index (χ0) is 18.8. The first-order chi connectivity index (χ1) is 13.1. The molecule has 0 amide bonds. The van der Waals surface area contributed by atoms with Gasteiger partial charge in [-0.2, -0.15) is 0 Å². The van der Waals surface area contributed by atoms with Gasteiger partial charge in [-0.05, 0) is 36.3 Å². The van der Waals surface area contributed by atoms with E-state index in [1.165, 1.54) is 0 Å². The highest BCUT2D eigenvalue weighted by Gasteiger charge is 2.18. The van der Waals surface area contributed by atoms with Crippen molar-refractivity contribution >= 4 is 45.8 Å². The van der Waals surface area contributed by atoms with Gasteiger partial charge in [-0.15, -0.1) is 11.6 Å². The number of halogens is 2. The van der Waals surface area contributed by atoms with Crippen molar-refractivity contribution in [1.82, 2.24) is 15.0 Å². The lowest BCUT2D eigenvalue weighted by Crippen LogP contribution is -2.09. The molecular formula is C20H16Cl2N4O. The molecule has 0 saturated heterocycles. The molecule has 0 aromatic carbocycles. The van der Waals surface area contributed by atoms with Gasteiger partial charge in [0.25, 0.3) is 0 Å². The van der Waals surface area contributed by atoms with Gasteiger partial charge in [0.15, 0.2) is 5.78 Å². The van der Waals surface area contributed by atoms with Crippen molar-refractivity contribution < 1.29 is 4.79 Å². The van der Waals surface area contributed by atoms with E-state index in [0.717, 1.165) is 17.4 Å². The zero-order valence-corrected chi connectivity index (χ0v) is 15.8. The van der Waals surface area contributed by atoms with Crippen LogP contribution in [0.15, 0.2) is 60.5 Å². The highest BCUT2D eigenvalue weighted by molar-refractivity contribution is 6.34. The minimum atomic E-state index is -0.190. The number of allylic oxidation sites excluding steroid dienone is 2. The molecule has 0 spiro atoms. The fourth-order valence-electron chi connectivity index (χ4n) is 2.95. The molecule has 7 heteroatoms. The van der Waals surface area contributed by atoms with Gasteiger partial charge >= 0.3 is 0 Å². The van der Waals surface area contributed by atoms with Gasteiger partial charge in [0, 0.05) is 29.9 Å². The van der Waals surface area contributed by atoms with Crippen molar-refractivity contribution in [2.75, 3.05) is 11.9 Å². The molecule has 0 bridgehead atoms. The molecule has 0 saturated carbocycles. The zero-order valence-electron chi connectivity index (χ0n) is 14.2. The summed E-state index contributed by atoms with van der Waals surface area (Å²) in [5.74, 6) is 0.420. The number of anilines is 1. The number of fused-ring (bicyclic) bond motifs is 1. The Labute approximate surface area is 166 Å². The maximum absolute atomic E-state index is 12.9. The number of aromatic amines is 1. The van der Waals surface area contributed by atoms with Crippen LogP contribution in [0.4, 0.5) is 5.82 Å². The van der Waals surface area contributed by atoms with Gasteiger partial charge in [-0.1, -0.05) is 29.8 Å². The van der Waals surface area contributed by atoms with Crippen LogP contribution in [0.1, 0.15) is 22.3 Å². The first-order valence-corrected chi connectivity index (χ1v) is 9.32. The molecule has 3 aromatic rings. The Bertz CT molecular complexity index is 1070. The van der Waals surface area contributed by atoms with E-state index in [1.807, 2.05) is 18.2 Å². The van der Waals surface area contributed by atoms with Crippen molar-refractivity contribution in [2.45, 2.75) is 11.8 Å². The van der Waals surface area contributed by atoms with E-state index in [1.54, 1.807) is 30.6 Å². The van der Waals surface area contributed by atoms with E-state index in [0.29, 0.717) is 29.1 Å². The molecule has 3 heterocycles. The van der Waals surface area contributed by atoms with E-state index in [4.69, 9.17) is 23.2 Å². The second kappa shape index (κ2) is 7.55. The van der Waals surface area contributed by atoms with E-state index < -0.39 is 0 Å². The van der Waals surface area contributed by atoms with Crippen molar-refractivity contribution in [3.05, 3.63) is 76.7 Å². The number of pyridine rings is 2. The molecule has 2 N–H and O–H groups in total. The number of alkyl halides is 1. The van der Waals surface area contributed by atoms with Gasteiger partial charge < -0.3 is 10.3 Å². The van der Waals surface area contributed by atoms with E-state index >= 15 is 0 Å². The third-order valence-corrected chi connectivity index (χ3v) is 5.00. The number of ketones is 1. The van der Waals surface area contributed by atoms with Crippen LogP contribution in [0.5, 0.6) is 0 Å². The van der Waals surface area contributed by atoms with Gasteiger partial charge in [-0.3, -0.25) is 4.79 Å². The van der Waals surface area contributed by atoms with Crippen LogP contribution in [0.3, 0.4) is 0 Å². The lowest BCUT2D eigenvalue weighted by molar-refractivity contribution is 0.104. The Morgan fingerprint density at radius 3 is 2.96 bits per heavy atom. The smallest absolute Gasteiger partial charge is 0.198 e. The Kier molecular flexibility index (Phi) is 4.97. The molecular weight excluding hydrogens is 383 g/mol. The van der Waals surface area contributed by atoms with Crippen LogP contribution in [-0.2, 0) is 0 Å². The van der Waals surface area contributed by atoms with E-state index in [9.17, 15) is 4.79 Å². The summed E-state index contributed by atoms with van der Waals surface area (Å²) in [6, 6.07) is 7.08. The quantitative estimate of drug-likeness (QED) is 0.369. The molecule has 0 aliphatic heterocycles. The Hall–Kier alpha value is -2.63. The van der Waals surface area contributed by atoms with Crippen LogP contribution in [0.25, 0.3) is 11.0 Å². The fraction of sp³-hybridized carbons (Fsp3) is 0.150. The van der Waals surface area contributed by atoms with Gasteiger partial charge in [0.1, 0.15) is 16.6 Å². The van der Waals surface area contributed by atoms with Crippen LogP contribution < -0.4 is 5.32 Å². The number of hydrogen-bond acceptors (Lipinski definition) is 4. The molecule has 0 radical (unpaired) electrons. The first kappa shape index (κ1) is 17.8. The molecule has 1 aliphatic rings. The number of rotatable bonds is 5. The highest BCUT2D eigenvalue weighted by atomic mass is 35.5. The summed E-state index contributed by atoms with van der Waals surface area (Å²) in [4.78, 5) is 24.4. The molecule has 1 unspecified atom stereocenters. The topological polar surface area (TPSA) is 70.7 Å². The molecule has 136 valence electrons. The molecule has 1 atom stereocenters. The standard InChI is InChI=1S/C20H16Cl2N4O/c21-13-5-3-12(4-6-13)10-24-17-8-7-15(19(22)26-17)18(27)16-11-25-20-14(16)2-1-9-23-20/h1-5,7-9,11,13H,6,10H2,(H,23,25)(H,24,26). The Morgan fingerprint density at radius 1 is 1.30 bits per heavy atom. The van der Waals surface area contributed by atoms with Gasteiger partial charge in [-0.25, -0.2) is 9.97 Å². The second-order valence-electron chi connectivity index (χ2n) is 6.21. The normalized spacial score (nSPS) is 16.4. The van der Waals surface area contributed by atoms with Crippen molar-refractivity contribution in [1.29, 1.82) is 0 Å². The number of nitrogens with one attached hydrogen (secondary N) is 2. The summed E-state index contributed by atoms with van der Waals surface area (Å²) in [5.41, 5.74) is 2.68. The lowest BCUT2D eigenvalue weighted by Gasteiger charge is -2.12. The van der Waals surface area contributed by atoms with Crippen LogP contribution in [-0.4, -0.2) is 32.7 Å². The summed E-state index contributed by atoms with van der Waals surface area (Å²) in [6.07, 6.45) is 10.2. The summed E-state index contributed by atoms with van der Waals surface area (Å²) in [5, 5.41) is 4.20. The fourth-order valence-corrected chi connectivity index (χ4v) is 3.35. The van der Waals surface area contributed by atoms with E-state index in [2.05, 4.69) is 26.3 Å². The third-order valence-electron chi connectivity index (χ3n) is 4.39. The monoisotopic (exact) mass is 398 g/mol. The van der Waals surface area contributed by atoms with Gasteiger partial charge in [0.2, 0.25) is 0 Å². The number of nitrogens with zero attached hydrogens (tertiary/aromatic N) is 2. The van der Waals surface area contributed by atoms with Gasteiger partial charge in [0.05, 0.1) is 10.9 Å². The van der Waals surface area contributed by atoms with E-state index in [-0.39, 0.29) is 16.3 Å².